The molecule has 4 aliphatic rings. The number of H-pyrrole nitrogens is 1. The number of nitrogens with one attached hydrogen (secondary N) is 1. The van der Waals surface area contributed by atoms with Crippen LogP contribution in [0.1, 0.15) is 16.7 Å². The number of aromatic nitrogens is 1. The molecular weight excluding hydrogens is 639 g/mol. The van der Waals surface area contributed by atoms with Crippen LogP contribution in [0.15, 0.2) is 172 Å². The normalized spacial score (nSPS) is 24.8. The minimum Gasteiger partial charge on any atom is -0.355 e. The van der Waals surface area contributed by atoms with E-state index in [4.69, 9.17) is 15.0 Å². The molecule has 0 spiro atoms. The Hall–Kier alpha value is -4.88. The molecule has 43 heavy (non-hydrogen) atoms. The highest BCUT2D eigenvalue weighted by Crippen LogP contribution is 2.33. The third-order valence-electron chi connectivity index (χ3n) is 7.94. The summed E-state index contributed by atoms with van der Waals surface area (Å²) >= 11 is 2.52. The molecule has 0 saturated carbocycles. The molecule has 4 nitrogen and oxygen atoms in total. The number of halogens is 1. The summed E-state index contributed by atoms with van der Waals surface area (Å²) in [5, 5.41) is 2.07. The molecule has 4 aliphatic heterocycles. The summed E-state index contributed by atoms with van der Waals surface area (Å²) in [6, 6.07) is 35.8. The lowest BCUT2D eigenvalue weighted by Crippen LogP contribution is -2.24. The van der Waals surface area contributed by atoms with Gasteiger partial charge in [0, 0.05) is 27.4 Å². The third-order valence-corrected chi connectivity index (χ3v) is 9.20. The number of aliphatic imine (C=N–C) groups is 3. The molecule has 204 valence electrons. The van der Waals surface area contributed by atoms with Gasteiger partial charge in [0.05, 0.1) is 38.2 Å². The standard InChI is InChI=1S/C38H25IN4/c39-38-34-23-17-28(41-34)27-16-18-29(40-27)35(24-10-4-1-5-11-24)30-19-20-31(42-30)36(25-12-6-2-7-13-25)32-21-22-33(43-32)37(38)26-14-8-3-9-15-26/h1-23,38,43H/b28-27-,35-30-,36-32-,37-33-. The summed E-state index contributed by atoms with van der Waals surface area (Å²) in [6.07, 6.45) is 12.6. The molecule has 1 N–H and O–H groups in total. The summed E-state index contributed by atoms with van der Waals surface area (Å²) in [6.45, 7) is 0. The molecule has 0 saturated heterocycles. The van der Waals surface area contributed by atoms with Crippen molar-refractivity contribution >= 4 is 56.4 Å². The molecule has 0 aliphatic carbocycles. The minimum atomic E-state index is 0.0119. The lowest BCUT2D eigenvalue weighted by atomic mass is 9.99. The van der Waals surface area contributed by atoms with Gasteiger partial charge in [-0.25, -0.2) is 15.0 Å². The van der Waals surface area contributed by atoms with Crippen molar-refractivity contribution < 1.29 is 0 Å². The largest absolute Gasteiger partial charge is 0.355 e. The Labute approximate surface area is 263 Å². The smallest absolute Gasteiger partial charge is 0.0894 e. The zero-order valence-electron chi connectivity index (χ0n) is 23.1. The van der Waals surface area contributed by atoms with Gasteiger partial charge in [-0.2, -0.15) is 0 Å². The van der Waals surface area contributed by atoms with Gasteiger partial charge >= 0.3 is 0 Å². The van der Waals surface area contributed by atoms with Crippen LogP contribution in [0.5, 0.6) is 0 Å². The zero-order chi connectivity index (χ0) is 28.8. The average molecular weight is 665 g/mol. The number of fused-ring (bicyclic) bond motifs is 5. The van der Waals surface area contributed by atoms with E-state index in [-0.39, 0.29) is 3.92 Å². The first-order chi connectivity index (χ1) is 21.2. The van der Waals surface area contributed by atoms with Crippen molar-refractivity contribution in [2.24, 2.45) is 15.0 Å². The Kier molecular flexibility index (Phi) is 6.45. The van der Waals surface area contributed by atoms with Gasteiger partial charge in [-0.1, -0.05) is 114 Å². The number of rotatable bonds is 3. The van der Waals surface area contributed by atoms with E-state index in [2.05, 4.69) is 155 Å². The van der Waals surface area contributed by atoms with Crippen molar-refractivity contribution in [1.82, 2.24) is 4.98 Å². The minimum absolute atomic E-state index is 0.0119. The lowest BCUT2D eigenvalue weighted by Gasteiger charge is -2.14. The Balaban J connectivity index is 1.48. The number of benzene rings is 3. The summed E-state index contributed by atoms with van der Waals surface area (Å²) in [5.74, 6) is 0. The van der Waals surface area contributed by atoms with E-state index in [0.29, 0.717) is 0 Å². The predicted octanol–water partition coefficient (Wildman–Crippen LogP) is 6.89. The number of aromatic amines is 1. The van der Waals surface area contributed by atoms with Gasteiger partial charge in [0.15, 0.2) is 0 Å². The van der Waals surface area contributed by atoms with Crippen LogP contribution in [0, 0.1) is 0 Å². The average Bonchev–Trinajstić information content (AvgIpc) is 3.88. The molecule has 0 radical (unpaired) electrons. The second-order valence-electron chi connectivity index (χ2n) is 10.6. The van der Waals surface area contributed by atoms with Crippen molar-refractivity contribution in [2.45, 2.75) is 3.92 Å². The van der Waals surface area contributed by atoms with E-state index >= 15 is 0 Å². The highest BCUT2D eigenvalue weighted by Gasteiger charge is 2.25. The molecule has 0 amide bonds. The summed E-state index contributed by atoms with van der Waals surface area (Å²) in [4.78, 5) is 19.3. The van der Waals surface area contributed by atoms with Crippen molar-refractivity contribution in [1.29, 1.82) is 0 Å². The van der Waals surface area contributed by atoms with Crippen molar-refractivity contribution in [2.75, 3.05) is 0 Å². The second kappa shape index (κ2) is 10.7. The quantitative estimate of drug-likeness (QED) is 0.184. The van der Waals surface area contributed by atoms with Gasteiger partial charge in [-0.15, -0.1) is 0 Å². The van der Waals surface area contributed by atoms with Crippen molar-refractivity contribution in [3.8, 4) is 0 Å². The molecule has 8 rings (SSSR count). The maximum atomic E-state index is 5.27. The molecule has 1 unspecified atom stereocenters. The highest BCUT2D eigenvalue weighted by atomic mass is 127. The highest BCUT2D eigenvalue weighted by molar-refractivity contribution is 14.1. The molecule has 3 aromatic carbocycles. The zero-order valence-corrected chi connectivity index (χ0v) is 25.2. The lowest BCUT2D eigenvalue weighted by molar-refractivity contribution is 1.23. The van der Waals surface area contributed by atoms with Crippen LogP contribution in [-0.4, -0.2) is 26.0 Å². The third kappa shape index (κ3) is 4.66. The van der Waals surface area contributed by atoms with Gasteiger partial charge in [-0.3, -0.25) is 0 Å². The van der Waals surface area contributed by atoms with E-state index in [0.717, 1.165) is 72.8 Å². The first-order valence-corrected chi connectivity index (χ1v) is 15.5. The second-order valence-corrected chi connectivity index (χ2v) is 11.8. The number of hydrogen-bond donors (Lipinski definition) is 1. The molecule has 1 aromatic heterocycles. The molecule has 1 atom stereocenters. The van der Waals surface area contributed by atoms with E-state index in [1.165, 1.54) is 5.57 Å². The predicted molar refractivity (Wildman–Crippen MR) is 186 cm³/mol. The van der Waals surface area contributed by atoms with Crippen LogP contribution in [0.4, 0.5) is 0 Å². The van der Waals surface area contributed by atoms with Crippen LogP contribution >= 0.6 is 22.6 Å². The number of nitrogens with zero attached hydrogens (tertiary/aromatic N) is 3. The van der Waals surface area contributed by atoms with Crippen LogP contribution < -0.4 is 10.7 Å². The first-order valence-electron chi connectivity index (χ1n) is 14.3. The van der Waals surface area contributed by atoms with Crippen molar-refractivity contribution in [3.63, 3.8) is 0 Å². The maximum absolute atomic E-state index is 5.27. The molecule has 5 heteroatoms. The van der Waals surface area contributed by atoms with E-state index in [1.807, 2.05) is 12.1 Å². The summed E-state index contributed by atoms with van der Waals surface area (Å²) in [7, 11) is 0. The van der Waals surface area contributed by atoms with E-state index in [9.17, 15) is 0 Å². The van der Waals surface area contributed by atoms with Gasteiger partial charge in [-0.05, 0) is 65.3 Å². The van der Waals surface area contributed by atoms with Gasteiger partial charge in [0.1, 0.15) is 0 Å². The van der Waals surface area contributed by atoms with Crippen LogP contribution in [0.2, 0.25) is 0 Å². The van der Waals surface area contributed by atoms with Crippen molar-refractivity contribution in [3.05, 3.63) is 184 Å². The topological polar surface area (TPSA) is 52.9 Å². The fourth-order valence-electron chi connectivity index (χ4n) is 5.93. The maximum Gasteiger partial charge on any atom is 0.0894 e. The number of hydrogen-bond acceptors (Lipinski definition) is 3. The molecule has 0 fully saturated rings. The molecular formula is C38H25IN4. The Morgan fingerprint density at radius 2 is 0.977 bits per heavy atom. The molecule has 8 bridgehead atoms. The fraction of sp³-hybridized carbons (Fsp3) is 0.0263. The van der Waals surface area contributed by atoms with Crippen LogP contribution in [-0.2, 0) is 0 Å². The molecule has 4 aromatic rings. The Morgan fingerprint density at radius 3 is 1.67 bits per heavy atom. The summed E-state index contributed by atoms with van der Waals surface area (Å²) < 4.78 is 0.0119. The van der Waals surface area contributed by atoms with E-state index in [1.54, 1.807) is 0 Å². The fourth-order valence-corrected chi connectivity index (χ4v) is 6.97. The van der Waals surface area contributed by atoms with E-state index < -0.39 is 0 Å². The Bertz CT molecular complexity index is 2150. The number of alkyl halides is 1. The molecule has 5 heterocycles. The summed E-state index contributed by atoms with van der Waals surface area (Å²) in [5.41, 5.74) is 12.0. The van der Waals surface area contributed by atoms with Gasteiger partial charge in [0.25, 0.3) is 0 Å². The SMILES string of the molecule is IC1C2=N/C(=C3/C=CC(=N3)/C(c3ccccc3)=C3/C=CC(=N3)/C(c3ccccc3)=c3/cc/c([nH]3)=C/1c1ccccc1)C=C2. The first kappa shape index (κ1) is 25.8. The monoisotopic (exact) mass is 664 g/mol. The van der Waals surface area contributed by atoms with Crippen LogP contribution in [0.25, 0.3) is 16.7 Å². The van der Waals surface area contributed by atoms with Crippen LogP contribution in [0.3, 0.4) is 0 Å². The van der Waals surface area contributed by atoms with Gasteiger partial charge < -0.3 is 4.98 Å². The Morgan fingerprint density at radius 1 is 0.465 bits per heavy atom. The van der Waals surface area contributed by atoms with Gasteiger partial charge in [0.2, 0.25) is 0 Å². The number of allylic oxidation sites excluding steroid dienone is 7.